The first kappa shape index (κ1) is 13.3. The molecule has 2 rings (SSSR count). The molecule has 0 amide bonds. The Kier molecular flexibility index (Phi) is 2.86. The molecule has 1 aliphatic heterocycles. The summed E-state index contributed by atoms with van der Waals surface area (Å²) in [6.45, 7) is 9.45. The van der Waals surface area contributed by atoms with Crippen LogP contribution < -0.4 is 0 Å². The fourth-order valence-electron chi connectivity index (χ4n) is 3.03. The fraction of sp³-hybridized carbons (Fsp3) is 1.00. The number of aliphatic hydroxyl groups excluding tert-OH is 1. The van der Waals surface area contributed by atoms with E-state index in [1.807, 2.05) is 34.6 Å². The summed E-state index contributed by atoms with van der Waals surface area (Å²) in [6.07, 6.45) is -0.0876. The van der Waals surface area contributed by atoms with Crippen LogP contribution in [0.2, 0.25) is 0 Å². The van der Waals surface area contributed by atoms with Gasteiger partial charge in [-0.3, -0.25) is 0 Å². The number of hydrogen-bond donors (Lipinski definition) is 2. The van der Waals surface area contributed by atoms with E-state index in [-0.39, 0.29) is 11.5 Å². The molecule has 0 unspecified atom stereocenters. The summed E-state index contributed by atoms with van der Waals surface area (Å²) in [5.41, 5.74) is -1.57. The van der Waals surface area contributed by atoms with Gasteiger partial charge in [0.2, 0.25) is 0 Å². The van der Waals surface area contributed by atoms with Crippen molar-refractivity contribution in [2.75, 3.05) is 0 Å². The van der Waals surface area contributed by atoms with Crippen LogP contribution in [0.25, 0.3) is 0 Å². The van der Waals surface area contributed by atoms with Gasteiger partial charge in [0.1, 0.15) is 11.7 Å². The maximum Gasteiger partial charge on any atom is 0.163 e. The van der Waals surface area contributed by atoms with E-state index in [2.05, 4.69) is 0 Å². The third-order valence-corrected chi connectivity index (χ3v) is 3.80. The molecular weight excluding hydrogens is 220 g/mol. The van der Waals surface area contributed by atoms with Crippen LogP contribution in [0.5, 0.6) is 0 Å². The summed E-state index contributed by atoms with van der Waals surface area (Å²) in [5, 5.41) is 21.1. The predicted molar refractivity (Wildman–Crippen MR) is 63.5 cm³/mol. The highest BCUT2D eigenvalue weighted by Crippen LogP contribution is 2.47. The summed E-state index contributed by atoms with van der Waals surface area (Å²) in [5.74, 6) is -0.665. The molecule has 1 heterocycles. The molecule has 2 fully saturated rings. The lowest BCUT2D eigenvalue weighted by Crippen LogP contribution is -2.56. The molecule has 0 aromatic carbocycles. The molecular formula is C13H24O4. The molecule has 0 aromatic rings. The van der Waals surface area contributed by atoms with Crippen LogP contribution in [0.15, 0.2) is 0 Å². The molecule has 0 aromatic heterocycles. The zero-order valence-electron chi connectivity index (χ0n) is 11.4. The second kappa shape index (κ2) is 3.67. The highest BCUT2D eigenvalue weighted by Gasteiger charge is 2.61. The minimum atomic E-state index is -1.20. The Morgan fingerprint density at radius 1 is 1.24 bits per heavy atom. The second-order valence-electron chi connectivity index (χ2n) is 6.89. The van der Waals surface area contributed by atoms with Crippen LogP contribution in [0.1, 0.15) is 47.5 Å². The van der Waals surface area contributed by atoms with Gasteiger partial charge >= 0.3 is 0 Å². The Hall–Kier alpha value is -0.160. The van der Waals surface area contributed by atoms with Gasteiger partial charge in [-0.05, 0) is 32.1 Å². The summed E-state index contributed by atoms with van der Waals surface area (Å²) in [7, 11) is 0. The molecule has 2 N–H and O–H groups in total. The summed E-state index contributed by atoms with van der Waals surface area (Å²) in [6, 6.07) is 0. The Bertz CT molecular complexity index is 307. The standard InChI is InChI=1S/C13H24O4/c1-11(2,3)10(14)13(15)7-6-8-9(13)17-12(4,5)16-8/h8-10,14-15H,6-7H2,1-5H3/t8-,9-,10-,13-/m0/s1. The molecule has 0 spiro atoms. The van der Waals surface area contributed by atoms with Crippen molar-refractivity contribution in [3.63, 3.8) is 0 Å². The van der Waals surface area contributed by atoms with E-state index in [0.29, 0.717) is 6.42 Å². The van der Waals surface area contributed by atoms with Gasteiger partial charge in [-0.1, -0.05) is 20.8 Å². The highest BCUT2D eigenvalue weighted by atomic mass is 16.8. The predicted octanol–water partition coefficient (Wildman–Crippen LogP) is 1.44. The normalized spacial score (nSPS) is 42.5. The first-order chi connectivity index (χ1) is 7.56. The van der Waals surface area contributed by atoms with Gasteiger partial charge in [0, 0.05) is 0 Å². The van der Waals surface area contributed by atoms with Crippen LogP contribution in [0.4, 0.5) is 0 Å². The summed E-state index contributed by atoms with van der Waals surface area (Å²) >= 11 is 0. The second-order valence-corrected chi connectivity index (χ2v) is 6.89. The third kappa shape index (κ3) is 2.12. The Balaban J connectivity index is 2.23. The SMILES string of the molecule is CC1(C)O[C@H]2CC[C@@](O)([C@@H](O)C(C)(C)C)[C@H]2O1. The van der Waals surface area contributed by atoms with Gasteiger partial charge < -0.3 is 19.7 Å². The quantitative estimate of drug-likeness (QED) is 0.733. The van der Waals surface area contributed by atoms with Gasteiger partial charge in [0.25, 0.3) is 0 Å². The van der Waals surface area contributed by atoms with Crippen molar-refractivity contribution in [2.45, 2.75) is 77.2 Å². The molecule has 4 atom stereocenters. The molecule has 1 saturated carbocycles. The largest absolute Gasteiger partial charge is 0.389 e. The van der Waals surface area contributed by atoms with E-state index >= 15 is 0 Å². The van der Waals surface area contributed by atoms with Gasteiger partial charge in [-0.2, -0.15) is 0 Å². The van der Waals surface area contributed by atoms with E-state index in [1.54, 1.807) is 0 Å². The van der Waals surface area contributed by atoms with Crippen LogP contribution >= 0.6 is 0 Å². The van der Waals surface area contributed by atoms with Crippen molar-refractivity contribution >= 4 is 0 Å². The molecule has 1 aliphatic carbocycles. The van der Waals surface area contributed by atoms with E-state index < -0.39 is 23.6 Å². The van der Waals surface area contributed by atoms with E-state index in [1.165, 1.54) is 0 Å². The summed E-state index contributed by atoms with van der Waals surface area (Å²) in [4.78, 5) is 0. The Labute approximate surface area is 103 Å². The first-order valence-electron chi connectivity index (χ1n) is 6.32. The average molecular weight is 244 g/mol. The highest BCUT2D eigenvalue weighted by molar-refractivity contribution is 5.09. The maximum absolute atomic E-state index is 10.7. The first-order valence-corrected chi connectivity index (χ1v) is 6.32. The number of aliphatic hydroxyl groups is 2. The van der Waals surface area contributed by atoms with Crippen LogP contribution in [-0.2, 0) is 9.47 Å². The molecule has 2 aliphatic rings. The smallest absolute Gasteiger partial charge is 0.163 e. The molecule has 0 radical (unpaired) electrons. The molecule has 17 heavy (non-hydrogen) atoms. The number of ether oxygens (including phenoxy) is 2. The molecule has 100 valence electrons. The Morgan fingerprint density at radius 3 is 2.35 bits per heavy atom. The van der Waals surface area contributed by atoms with Crippen molar-refractivity contribution in [3.05, 3.63) is 0 Å². The van der Waals surface area contributed by atoms with E-state index in [9.17, 15) is 10.2 Å². The van der Waals surface area contributed by atoms with Gasteiger partial charge in [0.05, 0.1) is 12.2 Å². The molecule has 4 heteroatoms. The number of rotatable bonds is 1. The van der Waals surface area contributed by atoms with Crippen LogP contribution in [-0.4, -0.2) is 39.9 Å². The third-order valence-electron chi connectivity index (χ3n) is 3.80. The molecule has 4 nitrogen and oxygen atoms in total. The molecule has 1 saturated heterocycles. The van der Waals surface area contributed by atoms with Gasteiger partial charge in [-0.25, -0.2) is 0 Å². The minimum absolute atomic E-state index is 0.105. The van der Waals surface area contributed by atoms with E-state index in [4.69, 9.17) is 9.47 Å². The number of fused-ring (bicyclic) bond motifs is 1. The lowest BCUT2D eigenvalue weighted by atomic mass is 9.76. The lowest BCUT2D eigenvalue weighted by Gasteiger charge is -2.40. The average Bonchev–Trinajstić information content (AvgIpc) is 2.60. The number of hydrogen-bond acceptors (Lipinski definition) is 4. The maximum atomic E-state index is 10.7. The van der Waals surface area contributed by atoms with Crippen molar-refractivity contribution in [1.29, 1.82) is 0 Å². The van der Waals surface area contributed by atoms with Gasteiger partial charge in [0.15, 0.2) is 5.79 Å². The van der Waals surface area contributed by atoms with E-state index in [0.717, 1.165) is 6.42 Å². The van der Waals surface area contributed by atoms with Crippen LogP contribution in [0.3, 0.4) is 0 Å². The van der Waals surface area contributed by atoms with Crippen molar-refractivity contribution in [1.82, 2.24) is 0 Å². The van der Waals surface area contributed by atoms with Gasteiger partial charge in [-0.15, -0.1) is 0 Å². The topological polar surface area (TPSA) is 58.9 Å². The zero-order chi connectivity index (χ0) is 13.1. The fourth-order valence-corrected chi connectivity index (χ4v) is 3.03. The van der Waals surface area contributed by atoms with Crippen LogP contribution in [0, 0.1) is 5.41 Å². The lowest BCUT2D eigenvalue weighted by molar-refractivity contribution is -0.210. The monoisotopic (exact) mass is 244 g/mol. The van der Waals surface area contributed by atoms with Crippen molar-refractivity contribution in [3.8, 4) is 0 Å². The van der Waals surface area contributed by atoms with Crippen molar-refractivity contribution < 1.29 is 19.7 Å². The van der Waals surface area contributed by atoms with Crippen molar-refractivity contribution in [2.24, 2.45) is 5.41 Å². The Morgan fingerprint density at radius 2 is 1.82 bits per heavy atom. The minimum Gasteiger partial charge on any atom is -0.389 e. The zero-order valence-corrected chi connectivity index (χ0v) is 11.4. The summed E-state index contributed by atoms with van der Waals surface area (Å²) < 4.78 is 11.5. The molecule has 0 bridgehead atoms.